The van der Waals surface area contributed by atoms with Gasteiger partial charge in [0.1, 0.15) is 17.6 Å². The standard InChI is InChI=1S/C20H19ClFN3O2/c1-14(27-18-5-3-17(22)4-6-18)20(26)25-10-8-24(9-11-25)19-7-2-16(21)12-15(19)13-23/h2-7,12,14H,8-11H2,1H3. The Hall–Kier alpha value is -2.78. The summed E-state index contributed by atoms with van der Waals surface area (Å²) in [6.45, 7) is 3.98. The molecule has 1 fully saturated rings. The number of hydrogen-bond donors (Lipinski definition) is 0. The van der Waals surface area contributed by atoms with Gasteiger partial charge >= 0.3 is 0 Å². The molecule has 1 aliphatic heterocycles. The van der Waals surface area contributed by atoms with Crippen LogP contribution >= 0.6 is 11.6 Å². The fourth-order valence-electron chi connectivity index (χ4n) is 3.07. The van der Waals surface area contributed by atoms with E-state index in [9.17, 15) is 14.4 Å². The fraction of sp³-hybridized carbons (Fsp3) is 0.300. The molecule has 0 bridgehead atoms. The van der Waals surface area contributed by atoms with Crippen molar-refractivity contribution < 1.29 is 13.9 Å². The predicted molar refractivity (Wildman–Crippen MR) is 101 cm³/mol. The summed E-state index contributed by atoms with van der Waals surface area (Å²) in [6, 6.07) is 13.0. The zero-order chi connectivity index (χ0) is 19.4. The maximum atomic E-state index is 13.0. The highest BCUT2D eigenvalue weighted by atomic mass is 35.5. The van der Waals surface area contributed by atoms with Crippen LogP contribution in [0.5, 0.6) is 5.75 Å². The van der Waals surface area contributed by atoms with Crippen LogP contribution in [0.4, 0.5) is 10.1 Å². The lowest BCUT2D eigenvalue weighted by Gasteiger charge is -2.37. The van der Waals surface area contributed by atoms with Crippen LogP contribution in [0.3, 0.4) is 0 Å². The van der Waals surface area contributed by atoms with Gasteiger partial charge < -0.3 is 14.5 Å². The molecule has 1 unspecified atom stereocenters. The molecule has 140 valence electrons. The summed E-state index contributed by atoms with van der Waals surface area (Å²) in [7, 11) is 0. The van der Waals surface area contributed by atoms with Crippen LogP contribution in [0, 0.1) is 17.1 Å². The third-order valence-corrected chi connectivity index (χ3v) is 4.72. The van der Waals surface area contributed by atoms with E-state index in [-0.39, 0.29) is 11.7 Å². The van der Waals surface area contributed by atoms with Crippen LogP contribution < -0.4 is 9.64 Å². The lowest BCUT2D eigenvalue weighted by atomic mass is 10.1. The quantitative estimate of drug-likeness (QED) is 0.806. The average Bonchev–Trinajstić information content (AvgIpc) is 2.69. The summed E-state index contributed by atoms with van der Waals surface area (Å²) in [6.07, 6.45) is -0.660. The van der Waals surface area contributed by atoms with Gasteiger partial charge in [-0.05, 0) is 49.4 Å². The van der Waals surface area contributed by atoms with Crippen molar-refractivity contribution in [1.29, 1.82) is 5.26 Å². The van der Waals surface area contributed by atoms with Gasteiger partial charge in [0.15, 0.2) is 6.10 Å². The largest absolute Gasteiger partial charge is 0.481 e. The molecule has 0 radical (unpaired) electrons. The molecule has 1 atom stereocenters. The van der Waals surface area contributed by atoms with Crippen molar-refractivity contribution in [2.24, 2.45) is 0 Å². The van der Waals surface area contributed by atoms with E-state index in [0.717, 1.165) is 5.69 Å². The Morgan fingerprint density at radius 3 is 2.48 bits per heavy atom. The number of rotatable bonds is 4. The van der Waals surface area contributed by atoms with Crippen LogP contribution in [-0.2, 0) is 4.79 Å². The van der Waals surface area contributed by atoms with Crippen molar-refractivity contribution in [3.8, 4) is 11.8 Å². The number of amides is 1. The van der Waals surface area contributed by atoms with Gasteiger partial charge in [-0.2, -0.15) is 5.26 Å². The molecule has 1 aliphatic rings. The van der Waals surface area contributed by atoms with E-state index in [1.807, 2.05) is 6.07 Å². The topological polar surface area (TPSA) is 56.6 Å². The lowest BCUT2D eigenvalue weighted by molar-refractivity contribution is -0.138. The summed E-state index contributed by atoms with van der Waals surface area (Å²) < 4.78 is 18.6. The van der Waals surface area contributed by atoms with Crippen LogP contribution in [0.1, 0.15) is 12.5 Å². The number of hydrogen-bond acceptors (Lipinski definition) is 4. The first-order valence-electron chi connectivity index (χ1n) is 8.63. The Morgan fingerprint density at radius 1 is 1.19 bits per heavy atom. The van der Waals surface area contributed by atoms with Gasteiger partial charge in [-0.1, -0.05) is 11.6 Å². The van der Waals surface area contributed by atoms with Gasteiger partial charge in [-0.15, -0.1) is 0 Å². The van der Waals surface area contributed by atoms with Gasteiger partial charge in [-0.25, -0.2) is 4.39 Å². The van der Waals surface area contributed by atoms with Gasteiger partial charge in [-0.3, -0.25) is 4.79 Å². The molecular formula is C20H19ClFN3O2. The molecule has 0 N–H and O–H groups in total. The zero-order valence-electron chi connectivity index (χ0n) is 14.9. The Bertz CT molecular complexity index is 859. The molecule has 5 nitrogen and oxygen atoms in total. The van der Waals surface area contributed by atoms with Crippen LogP contribution in [0.2, 0.25) is 5.02 Å². The van der Waals surface area contributed by atoms with Crippen LogP contribution in [0.15, 0.2) is 42.5 Å². The normalized spacial score (nSPS) is 15.2. The molecule has 2 aromatic rings. The van der Waals surface area contributed by atoms with E-state index >= 15 is 0 Å². The van der Waals surface area contributed by atoms with Crippen molar-refractivity contribution in [3.63, 3.8) is 0 Å². The predicted octanol–water partition coefficient (Wildman–Crippen LogP) is 3.47. The van der Waals surface area contributed by atoms with Crippen molar-refractivity contribution in [3.05, 3.63) is 58.9 Å². The molecule has 1 heterocycles. The summed E-state index contributed by atoms with van der Waals surface area (Å²) in [5.41, 5.74) is 1.35. The van der Waals surface area contributed by atoms with E-state index in [4.69, 9.17) is 16.3 Å². The van der Waals surface area contributed by atoms with E-state index in [2.05, 4.69) is 11.0 Å². The number of carbonyl (C=O) groups excluding carboxylic acids is 1. The highest BCUT2D eigenvalue weighted by molar-refractivity contribution is 6.30. The summed E-state index contributed by atoms with van der Waals surface area (Å²) >= 11 is 5.95. The van der Waals surface area contributed by atoms with Gasteiger partial charge in [0.25, 0.3) is 5.91 Å². The smallest absolute Gasteiger partial charge is 0.263 e. The molecule has 1 saturated heterocycles. The van der Waals surface area contributed by atoms with Crippen molar-refractivity contribution >= 4 is 23.2 Å². The van der Waals surface area contributed by atoms with Gasteiger partial charge in [0.05, 0.1) is 11.3 Å². The second-order valence-electron chi connectivity index (χ2n) is 6.30. The maximum absolute atomic E-state index is 13.0. The fourth-order valence-corrected chi connectivity index (χ4v) is 3.24. The number of benzene rings is 2. The third kappa shape index (κ3) is 4.50. The number of nitrogens with zero attached hydrogens (tertiary/aromatic N) is 3. The lowest BCUT2D eigenvalue weighted by Crippen LogP contribution is -2.52. The second-order valence-corrected chi connectivity index (χ2v) is 6.74. The number of anilines is 1. The zero-order valence-corrected chi connectivity index (χ0v) is 15.6. The number of carbonyl (C=O) groups is 1. The molecule has 7 heteroatoms. The third-order valence-electron chi connectivity index (χ3n) is 4.49. The first-order chi connectivity index (χ1) is 13.0. The number of halogens is 2. The molecule has 2 aromatic carbocycles. The van der Waals surface area contributed by atoms with Crippen LogP contribution in [-0.4, -0.2) is 43.1 Å². The molecule has 1 amide bonds. The highest BCUT2D eigenvalue weighted by Crippen LogP contribution is 2.25. The minimum absolute atomic E-state index is 0.115. The van der Waals surface area contributed by atoms with Crippen molar-refractivity contribution in [2.45, 2.75) is 13.0 Å². The Balaban J connectivity index is 1.59. The maximum Gasteiger partial charge on any atom is 0.263 e. The first kappa shape index (κ1) is 19.0. The molecule has 0 spiro atoms. The number of ether oxygens (including phenoxy) is 1. The van der Waals surface area contributed by atoms with E-state index in [1.54, 1.807) is 24.0 Å². The molecule has 3 rings (SSSR count). The van der Waals surface area contributed by atoms with Crippen molar-refractivity contribution in [2.75, 3.05) is 31.1 Å². The number of piperazine rings is 1. The summed E-state index contributed by atoms with van der Waals surface area (Å²) in [4.78, 5) is 16.4. The molecule has 27 heavy (non-hydrogen) atoms. The summed E-state index contributed by atoms with van der Waals surface area (Å²) in [5.74, 6) is -0.0114. The van der Waals surface area contributed by atoms with E-state index in [1.165, 1.54) is 24.3 Å². The molecule has 0 aliphatic carbocycles. The Kier molecular flexibility index (Phi) is 5.82. The monoisotopic (exact) mass is 387 g/mol. The number of nitriles is 1. The van der Waals surface area contributed by atoms with Gasteiger partial charge in [0.2, 0.25) is 0 Å². The second kappa shape index (κ2) is 8.28. The molecular weight excluding hydrogens is 369 g/mol. The van der Waals surface area contributed by atoms with Gasteiger partial charge in [0, 0.05) is 31.2 Å². The Morgan fingerprint density at radius 2 is 1.85 bits per heavy atom. The molecule has 0 aromatic heterocycles. The average molecular weight is 388 g/mol. The van der Waals surface area contributed by atoms with Crippen molar-refractivity contribution in [1.82, 2.24) is 4.90 Å². The van der Waals surface area contributed by atoms with Crippen LogP contribution in [0.25, 0.3) is 0 Å². The SMILES string of the molecule is CC(Oc1ccc(F)cc1)C(=O)N1CCN(c2ccc(Cl)cc2C#N)CC1. The minimum atomic E-state index is -0.660. The Labute approximate surface area is 162 Å². The minimum Gasteiger partial charge on any atom is -0.481 e. The first-order valence-corrected chi connectivity index (χ1v) is 9.01. The summed E-state index contributed by atoms with van der Waals surface area (Å²) in [5, 5.41) is 9.83. The molecule has 0 saturated carbocycles. The van der Waals surface area contributed by atoms with E-state index in [0.29, 0.717) is 42.5 Å². The highest BCUT2D eigenvalue weighted by Gasteiger charge is 2.27. The van der Waals surface area contributed by atoms with E-state index < -0.39 is 6.10 Å².